The largest absolute Gasteiger partial charge is 0.383 e. The van der Waals surface area contributed by atoms with Crippen molar-refractivity contribution in [2.24, 2.45) is 5.92 Å². The molecule has 26 heavy (non-hydrogen) atoms. The first-order chi connectivity index (χ1) is 12.7. The molecule has 1 aliphatic heterocycles. The summed E-state index contributed by atoms with van der Waals surface area (Å²) in [4.78, 5) is 14.7. The van der Waals surface area contributed by atoms with Crippen molar-refractivity contribution in [1.82, 2.24) is 20.0 Å². The van der Waals surface area contributed by atoms with Crippen LogP contribution in [0.4, 0.5) is 10.5 Å². The maximum Gasteiger partial charge on any atom is 0.319 e. The lowest BCUT2D eigenvalue weighted by atomic mass is 9.92. The summed E-state index contributed by atoms with van der Waals surface area (Å²) in [5.41, 5.74) is 0.684. The number of nitrogens with zero attached hydrogens (tertiary/aromatic N) is 3. The molecule has 0 saturated carbocycles. The number of morpholine rings is 1. The average Bonchev–Trinajstić information content (AvgIpc) is 3.11. The smallest absolute Gasteiger partial charge is 0.319 e. The first-order valence-corrected chi connectivity index (χ1v) is 9.55. The number of ether oxygens (including phenoxy) is 2. The third-order valence-electron chi connectivity index (χ3n) is 4.99. The van der Waals surface area contributed by atoms with Crippen LogP contribution < -0.4 is 10.6 Å². The van der Waals surface area contributed by atoms with Gasteiger partial charge in [-0.15, -0.1) is 0 Å². The Labute approximate surface area is 156 Å². The van der Waals surface area contributed by atoms with Crippen LogP contribution >= 0.6 is 0 Å². The molecule has 1 aromatic rings. The van der Waals surface area contributed by atoms with E-state index in [2.05, 4.69) is 34.5 Å². The number of anilines is 1. The maximum atomic E-state index is 12.3. The van der Waals surface area contributed by atoms with Gasteiger partial charge in [0.2, 0.25) is 0 Å². The van der Waals surface area contributed by atoms with E-state index in [9.17, 15) is 4.79 Å². The normalized spacial score (nSPS) is 16.6. The van der Waals surface area contributed by atoms with Crippen LogP contribution in [0.25, 0.3) is 0 Å². The van der Waals surface area contributed by atoms with Crippen LogP contribution in [-0.2, 0) is 16.0 Å². The standard InChI is InChI=1S/C18H33N5O3/c1-4-15(5-2)17(22-6-10-26-11-7-22)13-19-18(24)21-16-12-20-23(14-16)8-9-25-3/h12,14-15,17H,4-11,13H2,1-3H3,(H2,19,21,24). The highest BCUT2D eigenvalue weighted by atomic mass is 16.5. The summed E-state index contributed by atoms with van der Waals surface area (Å²) >= 11 is 0. The predicted octanol–water partition coefficient (Wildman–Crippen LogP) is 1.79. The lowest BCUT2D eigenvalue weighted by Crippen LogP contribution is -2.52. The average molecular weight is 367 g/mol. The molecular weight excluding hydrogens is 334 g/mol. The van der Waals surface area contributed by atoms with Gasteiger partial charge in [0.25, 0.3) is 0 Å². The zero-order valence-electron chi connectivity index (χ0n) is 16.2. The number of amides is 2. The van der Waals surface area contributed by atoms with Gasteiger partial charge in [-0.3, -0.25) is 9.58 Å². The van der Waals surface area contributed by atoms with Gasteiger partial charge in [-0.25, -0.2) is 4.79 Å². The van der Waals surface area contributed by atoms with Gasteiger partial charge in [-0.05, 0) is 5.92 Å². The number of nitrogens with one attached hydrogen (secondary N) is 2. The predicted molar refractivity (Wildman–Crippen MR) is 101 cm³/mol. The van der Waals surface area contributed by atoms with Gasteiger partial charge in [0, 0.05) is 39.0 Å². The summed E-state index contributed by atoms with van der Waals surface area (Å²) in [6.07, 6.45) is 5.66. The number of hydrogen-bond acceptors (Lipinski definition) is 5. The van der Waals surface area contributed by atoms with E-state index in [4.69, 9.17) is 9.47 Å². The highest BCUT2D eigenvalue weighted by Crippen LogP contribution is 2.19. The van der Waals surface area contributed by atoms with Crippen LogP contribution in [0, 0.1) is 5.92 Å². The molecule has 0 radical (unpaired) electrons. The monoisotopic (exact) mass is 367 g/mol. The van der Waals surface area contributed by atoms with Gasteiger partial charge in [0.15, 0.2) is 0 Å². The summed E-state index contributed by atoms with van der Waals surface area (Å²) in [5.74, 6) is 0.560. The Morgan fingerprint density at radius 3 is 2.73 bits per heavy atom. The van der Waals surface area contributed by atoms with E-state index in [0.717, 1.165) is 39.1 Å². The van der Waals surface area contributed by atoms with E-state index in [-0.39, 0.29) is 6.03 Å². The van der Waals surface area contributed by atoms with Crippen molar-refractivity contribution in [2.75, 3.05) is 51.9 Å². The maximum absolute atomic E-state index is 12.3. The fourth-order valence-electron chi connectivity index (χ4n) is 3.44. The fourth-order valence-corrected chi connectivity index (χ4v) is 3.44. The van der Waals surface area contributed by atoms with Gasteiger partial charge in [-0.1, -0.05) is 26.7 Å². The molecule has 0 aromatic carbocycles. The number of carbonyl (C=O) groups excluding carboxylic acids is 1. The highest BCUT2D eigenvalue weighted by Gasteiger charge is 2.27. The topological polar surface area (TPSA) is 80.7 Å². The summed E-state index contributed by atoms with van der Waals surface area (Å²) in [5, 5.41) is 10.1. The van der Waals surface area contributed by atoms with Crippen molar-refractivity contribution < 1.29 is 14.3 Å². The number of urea groups is 1. The van der Waals surface area contributed by atoms with E-state index in [1.54, 1.807) is 24.2 Å². The van der Waals surface area contributed by atoms with E-state index in [1.807, 2.05) is 0 Å². The lowest BCUT2D eigenvalue weighted by Gasteiger charge is -2.38. The molecule has 148 valence electrons. The van der Waals surface area contributed by atoms with Crippen molar-refractivity contribution in [3.63, 3.8) is 0 Å². The molecule has 2 amide bonds. The van der Waals surface area contributed by atoms with Crippen LogP contribution in [0.2, 0.25) is 0 Å². The minimum Gasteiger partial charge on any atom is -0.383 e. The fraction of sp³-hybridized carbons (Fsp3) is 0.778. The molecule has 0 aliphatic carbocycles. The molecule has 2 N–H and O–H groups in total. The van der Waals surface area contributed by atoms with E-state index in [0.29, 0.717) is 37.3 Å². The molecule has 1 saturated heterocycles. The van der Waals surface area contributed by atoms with E-state index < -0.39 is 0 Å². The van der Waals surface area contributed by atoms with Gasteiger partial charge in [0.1, 0.15) is 0 Å². The summed E-state index contributed by atoms with van der Waals surface area (Å²) in [7, 11) is 1.65. The Bertz CT molecular complexity index is 527. The Morgan fingerprint density at radius 1 is 1.35 bits per heavy atom. The van der Waals surface area contributed by atoms with E-state index >= 15 is 0 Å². The van der Waals surface area contributed by atoms with Crippen LogP contribution in [0.1, 0.15) is 26.7 Å². The van der Waals surface area contributed by atoms with Crippen molar-refractivity contribution in [2.45, 2.75) is 39.3 Å². The Morgan fingerprint density at radius 2 is 2.08 bits per heavy atom. The third-order valence-corrected chi connectivity index (χ3v) is 4.99. The summed E-state index contributed by atoms with van der Waals surface area (Å²) in [6.45, 7) is 9.71. The first kappa shape index (κ1) is 20.7. The molecule has 0 spiro atoms. The Hall–Kier alpha value is -1.64. The summed E-state index contributed by atoms with van der Waals surface area (Å²) in [6, 6.07) is 0.143. The van der Waals surface area contributed by atoms with Crippen LogP contribution in [0.3, 0.4) is 0 Å². The molecular formula is C18H33N5O3. The van der Waals surface area contributed by atoms with Crippen molar-refractivity contribution in [3.8, 4) is 0 Å². The Balaban J connectivity index is 1.86. The molecule has 1 aliphatic rings. The number of rotatable bonds is 10. The van der Waals surface area contributed by atoms with Crippen molar-refractivity contribution in [3.05, 3.63) is 12.4 Å². The highest BCUT2D eigenvalue weighted by molar-refractivity contribution is 5.88. The van der Waals surface area contributed by atoms with Crippen molar-refractivity contribution >= 4 is 11.7 Å². The SMILES string of the molecule is CCC(CC)C(CNC(=O)Nc1cnn(CCOC)c1)N1CCOCC1. The van der Waals surface area contributed by atoms with Gasteiger partial charge in [0.05, 0.1) is 38.2 Å². The minimum atomic E-state index is -0.194. The Kier molecular flexibility index (Phi) is 8.87. The zero-order chi connectivity index (χ0) is 18.8. The molecule has 2 rings (SSSR count). The molecule has 2 heterocycles. The minimum absolute atomic E-state index is 0.194. The van der Waals surface area contributed by atoms with Gasteiger partial charge < -0.3 is 20.1 Å². The van der Waals surface area contributed by atoms with Crippen molar-refractivity contribution in [1.29, 1.82) is 0 Å². The quantitative estimate of drug-likeness (QED) is 0.659. The molecule has 1 unspecified atom stereocenters. The lowest BCUT2D eigenvalue weighted by molar-refractivity contribution is 0.00247. The summed E-state index contributed by atoms with van der Waals surface area (Å²) < 4.78 is 12.3. The molecule has 0 bridgehead atoms. The number of carbonyl (C=O) groups is 1. The number of aromatic nitrogens is 2. The molecule has 1 atom stereocenters. The zero-order valence-corrected chi connectivity index (χ0v) is 16.2. The van der Waals surface area contributed by atoms with E-state index in [1.165, 1.54) is 0 Å². The third kappa shape index (κ3) is 6.26. The van der Waals surface area contributed by atoms with Crippen LogP contribution in [-0.4, -0.2) is 73.3 Å². The van der Waals surface area contributed by atoms with Crippen LogP contribution in [0.15, 0.2) is 12.4 Å². The van der Waals surface area contributed by atoms with Gasteiger partial charge >= 0.3 is 6.03 Å². The number of methoxy groups -OCH3 is 1. The molecule has 8 nitrogen and oxygen atoms in total. The second kappa shape index (κ2) is 11.2. The molecule has 1 fully saturated rings. The second-order valence-corrected chi connectivity index (χ2v) is 6.61. The molecule has 8 heteroatoms. The second-order valence-electron chi connectivity index (χ2n) is 6.61. The van der Waals surface area contributed by atoms with Gasteiger partial charge in [-0.2, -0.15) is 5.10 Å². The first-order valence-electron chi connectivity index (χ1n) is 9.55. The molecule has 1 aromatic heterocycles. The number of hydrogen-bond donors (Lipinski definition) is 2. The van der Waals surface area contributed by atoms with Crippen LogP contribution in [0.5, 0.6) is 0 Å².